The molecule has 0 saturated heterocycles. The predicted octanol–water partition coefficient (Wildman–Crippen LogP) is 13.0. The van der Waals surface area contributed by atoms with Crippen molar-refractivity contribution in [1.29, 1.82) is 0 Å². The number of aromatic nitrogens is 4. The Morgan fingerprint density at radius 3 is 1.17 bits per heavy atom. The van der Waals surface area contributed by atoms with Gasteiger partial charge in [0.05, 0.1) is 104 Å². The molecule has 0 aliphatic rings. The van der Waals surface area contributed by atoms with E-state index < -0.39 is 378 Å². The largest absolute Gasteiger partial charge is 0.309 e. The molecule has 0 bridgehead atoms. The average Bonchev–Trinajstić information content (AvgIpc) is 1.18. The summed E-state index contributed by atoms with van der Waals surface area (Å²) >= 11 is 0. The number of rotatable bonds is 9. The first-order valence-electron chi connectivity index (χ1n) is 41.6. The predicted molar refractivity (Wildman–Crippen MR) is 291 cm³/mol. The van der Waals surface area contributed by atoms with Crippen molar-refractivity contribution in [3.8, 4) is 45.3 Å². The van der Waals surface area contributed by atoms with Gasteiger partial charge < -0.3 is 9.13 Å². The first kappa shape index (κ1) is 15.8. The molecule has 5 heteroatoms. The zero-order valence-electron chi connectivity index (χ0n) is 77.4. The lowest BCUT2D eigenvalue weighted by molar-refractivity contribution is 1.13. The Bertz CT molecular complexity index is 6190. The lowest BCUT2D eigenvalue weighted by atomic mass is 10.0. The molecule has 3 aromatic heterocycles. The summed E-state index contributed by atoms with van der Waals surface area (Å²) in [6, 6.07) is -53.8. The standard InChI is InChI=1S/C64H44N4Si/c1-5-23-45(24-6-1)56-44-57(66-64(65-56)54-35-17-22-40-62(54)67-58-36-18-13-31-50(58)51-32-14-19-37-59(51)67)55-43-49(41-42-63(55)68-60-38-20-15-33-52(60)53-34-16-21-39-61(53)68)69(46-25-7-2-8-26-46,47-27-9-3-10-28-47)48-29-11-4-12-30-48/h1-44H/i1D,2D,3D,4D,5D,6D,7D,8D,9D,10D,11D,12D,13D,14D,15D,16D,17D,18D,19D,20D,21D,22D,23D,24D,25D,26D,27D,28D,29D,30D,31D,32D,33D,34D,35D,36D,37D,38D,39D,40D,41D,42D,43D. The number of fused-ring (bicyclic) bond motifs is 6. The molecule has 0 amide bonds. The van der Waals surface area contributed by atoms with E-state index in [0.717, 1.165) is 0 Å². The van der Waals surface area contributed by atoms with E-state index in [2.05, 4.69) is 4.98 Å². The summed E-state index contributed by atoms with van der Waals surface area (Å²) in [4.78, 5) is 9.36. The maximum absolute atomic E-state index is 11.3. The van der Waals surface area contributed by atoms with Gasteiger partial charge in [-0.2, -0.15) is 0 Å². The smallest absolute Gasteiger partial charge is 0.179 e. The van der Waals surface area contributed by atoms with Crippen molar-refractivity contribution >= 4 is 72.4 Å². The third kappa shape index (κ3) is 6.58. The molecule has 69 heavy (non-hydrogen) atoms. The monoisotopic (exact) mass is 940 g/mol. The number of nitrogens with zero attached hydrogens (tertiary/aromatic N) is 4. The second-order valence-electron chi connectivity index (χ2n) is 14.5. The molecule has 13 aromatic rings. The fourth-order valence-corrected chi connectivity index (χ4v) is 11.7. The molecule has 4 nitrogen and oxygen atoms in total. The number of benzene rings is 10. The Kier molecular flexibility index (Phi) is 3.85. The van der Waals surface area contributed by atoms with Crippen molar-refractivity contribution in [2.24, 2.45) is 0 Å². The van der Waals surface area contributed by atoms with Crippen LogP contribution >= 0.6 is 0 Å². The van der Waals surface area contributed by atoms with Crippen molar-refractivity contribution in [1.82, 2.24) is 19.1 Å². The van der Waals surface area contributed by atoms with Gasteiger partial charge in [0.15, 0.2) is 13.9 Å². The maximum atomic E-state index is 11.3. The second-order valence-corrected chi connectivity index (χ2v) is 18.0. The molecule has 0 atom stereocenters. The van der Waals surface area contributed by atoms with E-state index in [0.29, 0.717) is 15.2 Å². The van der Waals surface area contributed by atoms with Gasteiger partial charge in [-0.25, -0.2) is 9.97 Å². The van der Waals surface area contributed by atoms with Crippen LogP contribution in [0.1, 0.15) is 58.9 Å². The molecule has 0 aliphatic heterocycles. The molecule has 0 fully saturated rings. The van der Waals surface area contributed by atoms with Gasteiger partial charge in [-0.1, -0.05) is 218 Å². The van der Waals surface area contributed by atoms with Gasteiger partial charge in [0.2, 0.25) is 0 Å². The molecule has 3 heterocycles. The SMILES string of the molecule is [2H]c1c([2H])c([2H])c(-c2cc(-c3c([2H])c([Si](c4c([2H])c([2H])c([2H])c([2H])c4[2H])(c4c([2H])c([2H])c([2H])c([2H])c4[2H])c4c([2H])c([2H])c([2H])c([2H])c4[2H])c([2H])c([2H])c3-n3c4c([2H])c([2H])c([2H])c([2H])c4c4c([2H])c([2H])c([2H])c([2H])c43)nc(-c3c([2H])c([2H])c([2H])c([2H])c3-n3c4c([2H])c([2H])c([2H])c([2H])c4c4c([2H])c([2H])c([2H])c([2H])c43)n2)c([2H])c1[2H]. The second kappa shape index (κ2) is 16.8. The van der Waals surface area contributed by atoms with Crippen LogP contribution in [0.3, 0.4) is 0 Å². The van der Waals surface area contributed by atoms with Crippen LogP contribution in [0, 0.1) is 0 Å². The summed E-state index contributed by atoms with van der Waals surface area (Å²) < 4.78 is 406. The summed E-state index contributed by atoms with van der Waals surface area (Å²) in [5.74, 6) is -1.32. The van der Waals surface area contributed by atoms with Gasteiger partial charge in [0.25, 0.3) is 0 Å². The average molecular weight is 940 g/mol. The summed E-state index contributed by atoms with van der Waals surface area (Å²) in [7, 11) is -7.00. The van der Waals surface area contributed by atoms with Crippen molar-refractivity contribution in [2.75, 3.05) is 0 Å². The van der Waals surface area contributed by atoms with E-state index in [1.165, 1.54) is 0 Å². The Labute approximate surface area is 462 Å². The molecule has 10 aromatic carbocycles. The van der Waals surface area contributed by atoms with Gasteiger partial charge in [0.1, 0.15) is 0 Å². The Morgan fingerprint density at radius 2 is 0.696 bits per heavy atom. The van der Waals surface area contributed by atoms with Crippen molar-refractivity contribution in [3.63, 3.8) is 0 Å². The van der Waals surface area contributed by atoms with E-state index in [1.54, 1.807) is 0 Å². The van der Waals surface area contributed by atoms with Gasteiger partial charge in [-0.3, -0.25) is 0 Å². The molecule has 0 saturated carbocycles. The summed E-state index contributed by atoms with van der Waals surface area (Å²) in [5, 5.41) is -8.77. The number of hydrogen-bond donors (Lipinski definition) is 0. The van der Waals surface area contributed by atoms with Crippen molar-refractivity contribution in [2.45, 2.75) is 0 Å². The molecule has 0 spiro atoms. The summed E-state index contributed by atoms with van der Waals surface area (Å²) in [6.07, 6.45) is 0. The highest BCUT2D eigenvalue weighted by Gasteiger charge is 2.42. The van der Waals surface area contributed by atoms with Crippen LogP contribution in [0.15, 0.2) is 266 Å². The summed E-state index contributed by atoms with van der Waals surface area (Å²) in [5.41, 5.74) is -12.1. The molecule has 13 rings (SSSR count). The molecule has 324 valence electrons. The first-order valence-corrected chi connectivity index (χ1v) is 22.1. The topological polar surface area (TPSA) is 35.6 Å². The van der Waals surface area contributed by atoms with E-state index in [4.69, 9.17) is 24.2 Å². The van der Waals surface area contributed by atoms with E-state index in [-0.39, 0.29) is 0 Å². The Morgan fingerprint density at radius 1 is 0.319 bits per heavy atom. The van der Waals surface area contributed by atoms with Gasteiger partial charge >= 0.3 is 0 Å². The van der Waals surface area contributed by atoms with Crippen LogP contribution in [0.5, 0.6) is 0 Å². The molecule has 0 aliphatic carbocycles. The van der Waals surface area contributed by atoms with Crippen LogP contribution in [-0.4, -0.2) is 27.2 Å². The minimum Gasteiger partial charge on any atom is -0.309 e. The highest BCUT2D eigenvalue weighted by Crippen LogP contribution is 2.39. The van der Waals surface area contributed by atoms with E-state index in [9.17, 15) is 39.8 Å². The van der Waals surface area contributed by atoms with E-state index in [1.807, 2.05) is 0 Å². The quantitative estimate of drug-likeness (QED) is 0.107. The fraction of sp³-hybridized carbons (Fsp3) is 0. The molecule has 0 unspecified atom stereocenters. The number of hydrogen-bond acceptors (Lipinski definition) is 2. The van der Waals surface area contributed by atoms with Gasteiger partial charge in [-0.05, 0) is 69.1 Å². The summed E-state index contributed by atoms with van der Waals surface area (Å²) in [6.45, 7) is 0. The third-order valence-corrected chi connectivity index (χ3v) is 14.9. The van der Waals surface area contributed by atoms with Crippen LogP contribution < -0.4 is 20.7 Å². The third-order valence-electron chi connectivity index (χ3n) is 10.9. The Hall–Kier alpha value is -8.90. The van der Waals surface area contributed by atoms with Crippen molar-refractivity contribution in [3.05, 3.63) is 266 Å². The minimum absolute atomic E-state index is 0.477. The van der Waals surface area contributed by atoms with Crippen molar-refractivity contribution < 1.29 is 58.9 Å². The zero-order chi connectivity index (χ0) is 83.1. The molecular weight excluding hydrogens is 853 g/mol. The molecule has 0 radical (unpaired) electrons. The fourth-order valence-electron chi connectivity index (χ4n) is 8.12. The van der Waals surface area contributed by atoms with Crippen LogP contribution in [0.2, 0.25) is 0 Å². The normalized spacial score (nSPS) is 20.5. The first-order chi connectivity index (χ1) is 52.1. The minimum atomic E-state index is -7.00. The lowest BCUT2D eigenvalue weighted by Gasteiger charge is -2.35. The Balaban J connectivity index is 1.43. The molecule has 0 N–H and O–H groups in total. The van der Waals surface area contributed by atoms with Crippen LogP contribution in [0.25, 0.3) is 88.9 Å². The van der Waals surface area contributed by atoms with Gasteiger partial charge in [0, 0.05) is 38.2 Å². The number of para-hydroxylation sites is 5. The highest BCUT2D eigenvalue weighted by atomic mass is 28.3. The molecular formula is C64H44N4Si. The van der Waals surface area contributed by atoms with E-state index >= 15 is 0 Å². The van der Waals surface area contributed by atoms with Gasteiger partial charge in [-0.15, -0.1) is 0 Å². The highest BCUT2D eigenvalue weighted by molar-refractivity contribution is 7.19. The van der Waals surface area contributed by atoms with Crippen LogP contribution in [-0.2, 0) is 0 Å². The van der Waals surface area contributed by atoms with Crippen LogP contribution in [0.4, 0.5) is 0 Å². The zero-order valence-corrected chi connectivity index (χ0v) is 35.4. The lowest BCUT2D eigenvalue weighted by Crippen LogP contribution is -2.74. The maximum Gasteiger partial charge on any atom is 0.179 e.